The summed E-state index contributed by atoms with van der Waals surface area (Å²) in [6.45, 7) is 2.11. The van der Waals surface area contributed by atoms with Crippen LogP contribution >= 0.6 is 7.34 Å². The Bertz CT molecular complexity index is 3920. The lowest BCUT2D eigenvalue weighted by Gasteiger charge is -2.22. The summed E-state index contributed by atoms with van der Waals surface area (Å²) < 4.78 is 28.2. The molecule has 0 N–H and O–H groups in total. The molecule has 0 bridgehead atoms. The number of fused-ring (bicyclic) bond motifs is 9. The van der Waals surface area contributed by atoms with E-state index in [4.69, 9.17) is 13.3 Å². The molecule has 0 aliphatic carbocycles. The van der Waals surface area contributed by atoms with Gasteiger partial charge in [-0.3, -0.25) is 0 Å². The molecule has 1 atom stereocenters. The molecular weight excluding hydrogens is 710 g/mol. The van der Waals surface area contributed by atoms with E-state index in [9.17, 15) is 0 Å². The molecule has 0 fully saturated rings. The highest BCUT2D eigenvalue weighted by Gasteiger charge is 2.27. The van der Waals surface area contributed by atoms with Crippen molar-refractivity contribution in [3.8, 4) is 11.4 Å². The highest BCUT2D eigenvalue weighted by molar-refractivity contribution is 7.63. The predicted octanol–water partition coefficient (Wildman–Crippen LogP) is 14.4. The van der Waals surface area contributed by atoms with Crippen LogP contribution in [0.5, 0.6) is 0 Å². The Labute approximate surface area is 317 Å². The maximum atomic E-state index is 7.27. The number of aromatic nitrogens is 3. The second kappa shape index (κ2) is 10.1. The van der Waals surface area contributed by atoms with Crippen LogP contribution in [-0.4, -0.2) is 13.5 Å². The van der Waals surface area contributed by atoms with Gasteiger partial charge in [0.15, 0.2) is 11.2 Å². The van der Waals surface area contributed by atoms with Crippen molar-refractivity contribution in [1.82, 2.24) is 13.5 Å². The number of para-hydroxylation sites is 4. The largest absolute Gasteiger partial charge is 0.455 e. The van der Waals surface area contributed by atoms with E-state index in [0.717, 1.165) is 94.2 Å². The standard InChI is InChI=1S/C49H28N3O3P/c1-27-18-19-38-42(22-27)53-40-20-21-41-49-46(40)52(38)39-23-28(50-34-14-6-2-10-30(34)31-11-3-7-15-35(31)50)24-43-47(39)56(49)48-44(54-41)25-29(26-45(48)55-43)51-36-16-8-4-12-32(36)33-13-5-9-17-37(33)51/h2-26H,1H3. The first kappa shape index (κ1) is 29.2. The molecule has 56 heavy (non-hydrogen) atoms. The third-order valence-electron chi connectivity index (χ3n) is 12.0. The van der Waals surface area contributed by atoms with Crippen molar-refractivity contribution in [2.75, 3.05) is 0 Å². The molecular formula is C49H28N3O3P. The lowest BCUT2D eigenvalue weighted by atomic mass is 10.2. The van der Waals surface area contributed by atoms with Gasteiger partial charge in [-0.25, -0.2) is 0 Å². The van der Waals surface area contributed by atoms with Gasteiger partial charge in [0.25, 0.3) is 0 Å². The highest BCUT2D eigenvalue weighted by atomic mass is 31.1. The SMILES string of the molecule is Cc1ccc2c(c1)oc1ccc3oc4cc(-n5c6ccccc6c6ccccc65)cc5oc6cc(-n7c8ccccc8c8ccccc87)cc7c6p(c54)c3c1n27. The van der Waals surface area contributed by atoms with E-state index >= 15 is 0 Å². The van der Waals surface area contributed by atoms with Gasteiger partial charge in [0.2, 0.25) is 0 Å². The topological polar surface area (TPSA) is 53.7 Å². The first-order valence-corrected chi connectivity index (χ1v) is 20.3. The van der Waals surface area contributed by atoms with Gasteiger partial charge in [-0.1, -0.05) is 86.2 Å². The van der Waals surface area contributed by atoms with Crippen LogP contribution in [0, 0.1) is 6.92 Å². The number of hydrogen-bond acceptors (Lipinski definition) is 3. The normalized spacial score (nSPS) is 13.1. The maximum Gasteiger partial charge on any atom is 0.152 e. The molecule has 14 aromatic rings. The Morgan fingerprint density at radius 2 is 0.857 bits per heavy atom. The minimum Gasteiger partial charge on any atom is -0.455 e. The van der Waals surface area contributed by atoms with Gasteiger partial charge in [-0.2, -0.15) is 0 Å². The zero-order valence-corrected chi connectivity index (χ0v) is 30.8. The lowest BCUT2D eigenvalue weighted by molar-refractivity contribution is 0.645. The van der Waals surface area contributed by atoms with Crippen LogP contribution < -0.4 is 0 Å². The first-order valence-electron chi connectivity index (χ1n) is 18.9. The minimum absolute atomic E-state index is 0.827. The fraction of sp³-hybridized carbons (Fsp3) is 0.0204. The van der Waals surface area contributed by atoms with Gasteiger partial charge < -0.3 is 26.8 Å². The molecule has 0 aliphatic rings. The molecule has 6 heterocycles. The fourth-order valence-electron chi connectivity index (χ4n) is 9.74. The summed E-state index contributed by atoms with van der Waals surface area (Å²) in [5.41, 5.74) is 16.0. The molecule has 14 rings (SSSR count). The molecule has 1 unspecified atom stereocenters. The monoisotopic (exact) mass is 737 g/mol. The van der Waals surface area contributed by atoms with Crippen LogP contribution in [0.3, 0.4) is 0 Å². The molecule has 0 saturated carbocycles. The molecule has 0 spiro atoms. The zero-order chi connectivity index (χ0) is 36.4. The van der Waals surface area contributed by atoms with Crippen LogP contribution in [0.4, 0.5) is 0 Å². The van der Waals surface area contributed by atoms with Gasteiger partial charge >= 0.3 is 0 Å². The van der Waals surface area contributed by atoms with Crippen LogP contribution in [-0.2, 0) is 0 Å². The molecule has 7 heteroatoms. The van der Waals surface area contributed by atoms with Crippen LogP contribution in [0.1, 0.15) is 5.56 Å². The van der Waals surface area contributed by atoms with E-state index < -0.39 is 7.34 Å². The highest BCUT2D eigenvalue weighted by Crippen LogP contribution is 2.57. The third kappa shape index (κ3) is 3.54. The predicted molar refractivity (Wildman–Crippen MR) is 231 cm³/mol. The molecule has 6 nitrogen and oxygen atoms in total. The van der Waals surface area contributed by atoms with Crippen molar-refractivity contribution in [3.05, 3.63) is 157 Å². The average Bonchev–Trinajstić information content (AvgIpc) is 3.75. The van der Waals surface area contributed by atoms with Crippen molar-refractivity contribution in [2.45, 2.75) is 6.92 Å². The fourth-order valence-corrected chi connectivity index (χ4v) is 12.6. The summed E-state index contributed by atoms with van der Waals surface area (Å²) in [6, 6.07) is 54.3. The van der Waals surface area contributed by atoms with Crippen molar-refractivity contribution < 1.29 is 13.3 Å². The van der Waals surface area contributed by atoms with Crippen molar-refractivity contribution in [2.24, 2.45) is 0 Å². The van der Waals surface area contributed by atoms with Gasteiger partial charge in [0, 0.05) is 39.7 Å². The van der Waals surface area contributed by atoms with Crippen molar-refractivity contribution in [3.63, 3.8) is 0 Å². The molecule has 0 aliphatic heterocycles. The second-order valence-corrected chi connectivity index (χ2v) is 17.1. The summed E-state index contributed by atoms with van der Waals surface area (Å²) >= 11 is 0. The van der Waals surface area contributed by atoms with Crippen LogP contribution in [0.25, 0.3) is 120 Å². The molecule has 0 amide bonds. The summed E-state index contributed by atoms with van der Waals surface area (Å²) in [4.78, 5) is 0. The molecule has 262 valence electrons. The smallest absolute Gasteiger partial charge is 0.152 e. The van der Waals surface area contributed by atoms with Gasteiger partial charge in [0.05, 0.1) is 59.8 Å². The number of nitrogens with zero attached hydrogens (tertiary/aromatic N) is 3. The third-order valence-corrected chi connectivity index (χ3v) is 14.6. The number of benzene rings is 8. The van der Waals surface area contributed by atoms with Crippen LogP contribution in [0.2, 0.25) is 0 Å². The summed E-state index contributed by atoms with van der Waals surface area (Å²) in [5, 5.41) is 8.35. The van der Waals surface area contributed by atoms with E-state index in [2.05, 4.69) is 172 Å². The van der Waals surface area contributed by atoms with Crippen LogP contribution in [0.15, 0.2) is 165 Å². The molecule has 8 aromatic carbocycles. The number of rotatable bonds is 2. The lowest BCUT2D eigenvalue weighted by Crippen LogP contribution is -2.01. The van der Waals surface area contributed by atoms with Crippen molar-refractivity contribution in [1.29, 1.82) is 0 Å². The Kier molecular flexibility index (Phi) is 5.29. The molecule has 6 aromatic heterocycles. The van der Waals surface area contributed by atoms with E-state index in [-0.39, 0.29) is 0 Å². The molecule has 0 saturated heterocycles. The van der Waals surface area contributed by atoms with E-state index in [1.165, 1.54) is 31.8 Å². The Morgan fingerprint density at radius 3 is 1.45 bits per heavy atom. The Morgan fingerprint density at radius 1 is 0.375 bits per heavy atom. The van der Waals surface area contributed by atoms with E-state index in [1.54, 1.807) is 0 Å². The Balaban J connectivity index is 1.22. The maximum absolute atomic E-state index is 7.27. The summed E-state index contributed by atoms with van der Waals surface area (Å²) in [6.07, 6.45) is 0. The summed E-state index contributed by atoms with van der Waals surface area (Å²) in [7, 11) is -1.08. The minimum atomic E-state index is -1.08. The van der Waals surface area contributed by atoms with Crippen molar-refractivity contribution >= 4 is 116 Å². The van der Waals surface area contributed by atoms with Gasteiger partial charge in [-0.15, -0.1) is 0 Å². The number of aryl methyl sites for hydroxylation is 1. The van der Waals surface area contributed by atoms with Gasteiger partial charge in [-0.05, 0) is 67.1 Å². The summed E-state index contributed by atoms with van der Waals surface area (Å²) in [5.74, 6) is 0. The first-order chi connectivity index (χ1) is 27.7. The molecule has 0 radical (unpaired) electrons. The van der Waals surface area contributed by atoms with Gasteiger partial charge in [0.1, 0.15) is 27.8 Å². The Hall–Kier alpha value is -7.14. The second-order valence-electron chi connectivity index (χ2n) is 15.0. The van der Waals surface area contributed by atoms with E-state index in [0.29, 0.717) is 0 Å². The van der Waals surface area contributed by atoms with E-state index in [1.807, 2.05) is 0 Å². The average molecular weight is 738 g/mol. The quantitative estimate of drug-likeness (QED) is 0.131. The number of hydrogen-bond donors (Lipinski definition) is 0. The zero-order valence-electron chi connectivity index (χ0n) is 29.9.